The van der Waals surface area contributed by atoms with E-state index in [1.165, 1.54) is 5.56 Å². The van der Waals surface area contributed by atoms with Crippen LogP contribution in [-0.2, 0) is 22.6 Å². The third kappa shape index (κ3) is 4.70. The van der Waals surface area contributed by atoms with E-state index in [9.17, 15) is 9.59 Å². The summed E-state index contributed by atoms with van der Waals surface area (Å²) < 4.78 is 10.9. The summed E-state index contributed by atoms with van der Waals surface area (Å²) in [7, 11) is 1.59. The summed E-state index contributed by atoms with van der Waals surface area (Å²) >= 11 is 0. The zero-order valence-electron chi connectivity index (χ0n) is 17.2. The average Bonchev–Trinajstić information content (AvgIpc) is 3.14. The third-order valence-corrected chi connectivity index (χ3v) is 5.17. The topological polar surface area (TPSA) is 67.9 Å². The second kappa shape index (κ2) is 9.45. The van der Waals surface area contributed by atoms with Crippen LogP contribution in [0.4, 0.5) is 5.69 Å². The molecule has 154 valence electrons. The highest BCUT2D eigenvalue weighted by Crippen LogP contribution is 2.29. The Labute approximate surface area is 171 Å². The molecule has 2 aromatic carbocycles. The lowest BCUT2D eigenvalue weighted by Gasteiger charge is -2.17. The number of ether oxygens (including phenoxy) is 2. The number of carbonyl (C=O) groups excluding carboxylic acids is 2. The van der Waals surface area contributed by atoms with Crippen LogP contribution in [0.25, 0.3) is 0 Å². The first-order valence-corrected chi connectivity index (χ1v) is 10.0. The third-order valence-electron chi connectivity index (χ3n) is 5.17. The van der Waals surface area contributed by atoms with Crippen molar-refractivity contribution < 1.29 is 19.1 Å². The van der Waals surface area contributed by atoms with Crippen molar-refractivity contribution in [1.82, 2.24) is 5.32 Å². The molecule has 1 fully saturated rings. The molecule has 0 radical (unpaired) electrons. The molecule has 1 aliphatic heterocycles. The molecule has 0 spiro atoms. The first-order chi connectivity index (χ1) is 14.1. The molecule has 6 nitrogen and oxygen atoms in total. The normalized spacial score (nSPS) is 16.0. The maximum atomic E-state index is 12.8. The van der Waals surface area contributed by atoms with Crippen LogP contribution < -0.4 is 19.7 Å². The van der Waals surface area contributed by atoms with E-state index < -0.39 is 5.92 Å². The van der Waals surface area contributed by atoms with E-state index in [2.05, 4.69) is 12.2 Å². The molecule has 2 aromatic rings. The fourth-order valence-electron chi connectivity index (χ4n) is 3.50. The predicted molar refractivity (Wildman–Crippen MR) is 112 cm³/mol. The van der Waals surface area contributed by atoms with E-state index >= 15 is 0 Å². The van der Waals surface area contributed by atoms with Crippen LogP contribution in [0, 0.1) is 5.92 Å². The fourth-order valence-corrected chi connectivity index (χ4v) is 3.50. The highest BCUT2D eigenvalue weighted by molar-refractivity contribution is 6.09. The van der Waals surface area contributed by atoms with Crippen LogP contribution in [0.3, 0.4) is 0 Å². The number of aryl methyl sites for hydroxylation is 1. The summed E-state index contributed by atoms with van der Waals surface area (Å²) in [4.78, 5) is 27.1. The van der Waals surface area contributed by atoms with Gasteiger partial charge in [-0.1, -0.05) is 25.1 Å². The number of anilines is 1. The molecule has 1 N–H and O–H groups in total. The van der Waals surface area contributed by atoms with Gasteiger partial charge in [-0.2, -0.15) is 0 Å². The standard InChI is InChI=1S/C23H28N2O4/c1-4-16-6-9-18(10-7-16)25-13-12-19(23(25)27)22(26)24-15-17-8-11-20(28-3)21(14-17)29-5-2/h6-11,14,19H,4-5,12-13,15H2,1-3H3,(H,24,26)/t19-/m0/s1. The van der Waals surface area contributed by atoms with Gasteiger partial charge in [0, 0.05) is 18.8 Å². The second-order valence-corrected chi connectivity index (χ2v) is 6.99. The molecular formula is C23H28N2O4. The SMILES string of the molecule is CCOc1cc(CNC(=O)[C@@H]2CCN(c3ccc(CC)cc3)C2=O)ccc1OC. The zero-order chi connectivity index (χ0) is 20.8. The van der Waals surface area contributed by atoms with Crippen LogP contribution >= 0.6 is 0 Å². The molecule has 29 heavy (non-hydrogen) atoms. The summed E-state index contributed by atoms with van der Waals surface area (Å²) in [5.74, 6) is 0.261. The van der Waals surface area contributed by atoms with Crippen molar-refractivity contribution in [2.45, 2.75) is 33.2 Å². The predicted octanol–water partition coefficient (Wildman–Crippen LogP) is 3.33. The van der Waals surface area contributed by atoms with Gasteiger partial charge in [-0.15, -0.1) is 0 Å². The molecule has 0 unspecified atom stereocenters. The van der Waals surface area contributed by atoms with Crippen molar-refractivity contribution in [3.63, 3.8) is 0 Å². The van der Waals surface area contributed by atoms with Crippen molar-refractivity contribution in [3.05, 3.63) is 53.6 Å². The minimum absolute atomic E-state index is 0.142. The van der Waals surface area contributed by atoms with E-state index in [0.29, 0.717) is 37.6 Å². The summed E-state index contributed by atoms with van der Waals surface area (Å²) in [5.41, 5.74) is 2.96. The van der Waals surface area contributed by atoms with Gasteiger partial charge in [0.15, 0.2) is 11.5 Å². The molecule has 2 amide bonds. The number of methoxy groups -OCH3 is 1. The van der Waals surface area contributed by atoms with Crippen LogP contribution in [0.5, 0.6) is 11.5 Å². The minimum Gasteiger partial charge on any atom is -0.493 e. The molecule has 6 heteroatoms. The van der Waals surface area contributed by atoms with Gasteiger partial charge < -0.3 is 19.7 Å². The Morgan fingerprint density at radius 1 is 1.10 bits per heavy atom. The lowest BCUT2D eigenvalue weighted by molar-refractivity contribution is -0.132. The Kier molecular flexibility index (Phi) is 6.75. The van der Waals surface area contributed by atoms with Crippen molar-refractivity contribution in [1.29, 1.82) is 0 Å². The van der Waals surface area contributed by atoms with E-state index in [4.69, 9.17) is 9.47 Å². The van der Waals surface area contributed by atoms with Crippen molar-refractivity contribution in [3.8, 4) is 11.5 Å². The Bertz CT molecular complexity index is 864. The number of hydrogen-bond acceptors (Lipinski definition) is 4. The monoisotopic (exact) mass is 396 g/mol. The van der Waals surface area contributed by atoms with Crippen molar-refractivity contribution >= 4 is 17.5 Å². The van der Waals surface area contributed by atoms with Gasteiger partial charge >= 0.3 is 0 Å². The lowest BCUT2D eigenvalue weighted by Crippen LogP contribution is -2.36. The van der Waals surface area contributed by atoms with Crippen LogP contribution in [0.2, 0.25) is 0 Å². The summed E-state index contributed by atoms with van der Waals surface area (Å²) in [6.45, 7) is 5.41. The quantitative estimate of drug-likeness (QED) is 0.695. The number of carbonyl (C=O) groups is 2. The lowest BCUT2D eigenvalue weighted by atomic mass is 10.1. The first-order valence-electron chi connectivity index (χ1n) is 10.0. The zero-order valence-corrected chi connectivity index (χ0v) is 17.2. The van der Waals surface area contributed by atoms with Gasteiger partial charge in [0.05, 0.1) is 13.7 Å². The van der Waals surface area contributed by atoms with E-state index in [1.54, 1.807) is 12.0 Å². The average molecular weight is 396 g/mol. The van der Waals surface area contributed by atoms with Crippen molar-refractivity contribution in [2.75, 3.05) is 25.2 Å². The van der Waals surface area contributed by atoms with Crippen LogP contribution in [0.15, 0.2) is 42.5 Å². The van der Waals surface area contributed by atoms with E-state index in [-0.39, 0.29) is 11.8 Å². The number of nitrogens with one attached hydrogen (secondary N) is 1. The first kappa shape index (κ1) is 20.7. The maximum Gasteiger partial charge on any atom is 0.239 e. The van der Waals surface area contributed by atoms with Gasteiger partial charge in [0.25, 0.3) is 0 Å². The number of rotatable bonds is 8. The van der Waals surface area contributed by atoms with E-state index in [1.807, 2.05) is 49.4 Å². The molecule has 0 saturated carbocycles. The Hall–Kier alpha value is -3.02. The molecule has 0 bridgehead atoms. The number of hydrogen-bond donors (Lipinski definition) is 1. The molecular weight excluding hydrogens is 368 g/mol. The van der Waals surface area contributed by atoms with Gasteiger partial charge in [-0.05, 0) is 55.2 Å². The number of amides is 2. The smallest absolute Gasteiger partial charge is 0.239 e. The Morgan fingerprint density at radius 3 is 2.48 bits per heavy atom. The van der Waals surface area contributed by atoms with Crippen molar-refractivity contribution in [2.24, 2.45) is 5.92 Å². The minimum atomic E-state index is -0.648. The van der Waals surface area contributed by atoms with E-state index in [0.717, 1.165) is 17.7 Å². The Morgan fingerprint density at radius 2 is 1.83 bits per heavy atom. The molecule has 1 heterocycles. The van der Waals surface area contributed by atoms with Crippen LogP contribution in [-0.4, -0.2) is 32.1 Å². The molecule has 1 aliphatic rings. The maximum absolute atomic E-state index is 12.8. The highest BCUT2D eigenvalue weighted by atomic mass is 16.5. The molecule has 0 aliphatic carbocycles. The van der Waals surface area contributed by atoms with Gasteiger partial charge in [0.2, 0.25) is 11.8 Å². The molecule has 1 saturated heterocycles. The largest absolute Gasteiger partial charge is 0.493 e. The molecule has 0 aromatic heterocycles. The number of benzene rings is 2. The number of nitrogens with zero attached hydrogens (tertiary/aromatic N) is 1. The molecule has 3 rings (SSSR count). The van der Waals surface area contributed by atoms with Gasteiger partial charge in [-0.3, -0.25) is 9.59 Å². The Balaban J connectivity index is 1.61. The summed E-state index contributed by atoms with van der Waals surface area (Å²) in [5, 5.41) is 2.89. The fraction of sp³-hybridized carbons (Fsp3) is 0.391. The van der Waals surface area contributed by atoms with Crippen LogP contribution in [0.1, 0.15) is 31.4 Å². The summed E-state index contributed by atoms with van der Waals surface area (Å²) in [6, 6.07) is 13.5. The van der Waals surface area contributed by atoms with Gasteiger partial charge in [-0.25, -0.2) is 0 Å². The second-order valence-electron chi connectivity index (χ2n) is 6.99. The molecule has 1 atom stereocenters. The summed E-state index contributed by atoms with van der Waals surface area (Å²) in [6.07, 6.45) is 1.47. The highest BCUT2D eigenvalue weighted by Gasteiger charge is 2.37. The van der Waals surface area contributed by atoms with Gasteiger partial charge in [0.1, 0.15) is 5.92 Å².